The first-order valence-electron chi connectivity index (χ1n) is 9.86. The lowest BCUT2D eigenvalue weighted by atomic mass is 10.1. The van der Waals surface area contributed by atoms with Crippen molar-refractivity contribution in [2.45, 2.75) is 33.1 Å². The largest absolute Gasteiger partial charge is 0.361 e. The fourth-order valence-corrected chi connectivity index (χ4v) is 3.42. The molecule has 1 heterocycles. The van der Waals surface area contributed by atoms with Crippen molar-refractivity contribution in [3.8, 4) is 0 Å². The average Bonchev–Trinajstić information content (AvgIpc) is 3.12. The van der Waals surface area contributed by atoms with Gasteiger partial charge in [0.1, 0.15) is 0 Å². The predicted molar refractivity (Wildman–Crippen MR) is 114 cm³/mol. The highest BCUT2D eigenvalue weighted by atomic mass is 16.2. The molecule has 28 heavy (non-hydrogen) atoms. The van der Waals surface area contributed by atoms with Crippen molar-refractivity contribution in [1.29, 1.82) is 0 Å². The van der Waals surface area contributed by atoms with Crippen LogP contribution in [-0.4, -0.2) is 34.8 Å². The monoisotopic (exact) mass is 377 g/mol. The molecule has 146 valence electrons. The van der Waals surface area contributed by atoms with Gasteiger partial charge in [-0.2, -0.15) is 0 Å². The number of anilines is 1. The zero-order valence-corrected chi connectivity index (χ0v) is 16.5. The van der Waals surface area contributed by atoms with Crippen molar-refractivity contribution in [3.63, 3.8) is 0 Å². The van der Waals surface area contributed by atoms with Gasteiger partial charge in [0.2, 0.25) is 5.91 Å². The van der Waals surface area contributed by atoms with Crippen LogP contribution >= 0.6 is 0 Å². The summed E-state index contributed by atoms with van der Waals surface area (Å²) in [6.07, 6.45) is 4.07. The van der Waals surface area contributed by atoms with Crippen LogP contribution in [0.25, 0.3) is 10.9 Å². The van der Waals surface area contributed by atoms with E-state index in [1.807, 2.05) is 38.2 Å². The van der Waals surface area contributed by atoms with E-state index >= 15 is 0 Å². The van der Waals surface area contributed by atoms with E-state index in [9.17, 15) is 9.59 Å². The quantitative estimate of drug-likeness (QED) is 0.602. The Labute approximate surface area is 165 Å². The van der Waals surface area contributed by atoms with Gasteiger partial charge < -0.3 is 15.2 Å². The van der Waals surface area contributed by atoms with E-state index in [-0.39, 0.29) is 11.8 Å². The topological polar surface area (TPSA) is 65.2 Å². The number of para-hydroxylation sites is 1. The molecule has 0 aliphatic carbocycles. The van der Waals surface area contributed by atoms with Crippen molar-refractivity contribution in [1.82, 2.24) is 9.88 Å². The van der Waals surface area contributed by atoms with Crippen LogP contribution in [0.1, 0.15) is 42.6 Å². The number of aromatic nitrogens is 1. The lowest BCUT2D eigenvalue weighted by Gasteiger charge is -2.19. The normalized spacial score (nSPS) is 10.8. The summed E-state index contributed by atoms with van der Waals surface area (Å²) >= 11 is 0. The fourth-order valence-electron chi connectivity index (χ4n) is 3.42. The number of carbonyl (C=O) groups is 2. The Hall–Kier alpha value is -3.08. The van der Waals surface area contributed by atoms with Crippen LogP contribution in [0.4, 0.5) is 5.69 Å². The number of benzene rings is 2. The Balaban J connectivity index is 1.55. The molecule has 0 spiro atoms. The van der Waals surface area contributed by atoms with Gasteiger partial charge in [0.05, 0.1) is 0 Å². The SMILES string of the molecule is CCN(CC)C(=O)c1cccc(NC(=O)CCCc2c[nH]c3ccccc23)c1. The van der Waals surface area contributed by atoms with Crippen molar-refractivity contribution < 1.29 is 9.59 Å². The van der Waals surface area contributed by atoms with Gasteiger partial charge in [-0.1, -0.05) is 24.3 Å². The molecule has 2 amide bonds. The van der Waals surface area contributed by atoms with Gasteiger partial charge in [-0.3, -0.25) is 9.59 Å². The Kier molecular flexibility index (Phi) is 6.48. The third kappa shape index (κ3) is 4.60. The molecule has 0 aliphatic heterocycles. The second-order valence-corrected chi connectivity index (χ2v) is 6.82. The van der Waals surface area contributed by atoms with Crippen molar-refractivity contribution in [3.05, 3.63) is 65.9 Å². The highest BCUT2D eigenvalue weighted by Crippen LogP contribution is 2.20. The van der Waals surface area contributed by atoms with E-state index in [1.54, 1.807) is 23.1 Å². The maximum absolute atomic E-state index is 12.5. The van der Waals surface area contributed by atoms with Crippen molar-refractivity contribution >= 4 is 28.4 Å². The second-order valence-electron chi connectivity index (χ2n) is 6.82. The van der Waals surface area contributed by atoms with Crippen LogP contribution in [0.3, 0.4) is 0 Å². The number of rotatable bonds is 8. The van der Waals surface area contributed by atoms with Crippen LogP contribution in [0.15, 0.2) is 54.7 Å². The number of hydrogen-bond donors (Lipinski definition) is 2. The summed E-state index contributed by atoms with van der Waals surface area (Å²) in [6.45, 7) is 5.25. The standard InChI is InChI=1S/C23H27N3O2/c1-3-26(4-2)23(28)17-9-7-11-19(15-17)25-22(27)14-8-10-18-16-24-21-13-6-5-12-20(18)21/h5-7,9,11-13,15-16,24H,3-4,8,10,14H2,1-2H3,(H,25,27). The summed E-state index contributed by atoms with van der Waals surface area (Å²) in [5.74, 6) is -0.0484. The highest BCUT2D eigenvalue weighted by Gasteiger charge is 2.13. The molecule has 3 aromatic rings. The molecule has 0 unspecified atom stereocenters. The maximum atomic E-state index is 12.5. The summed E-state index contributed by atoms with van der Waals surface area (Å²) < 4.78 is 0. The van der Waals surface area contributed by atoms with Gasteiger partial charge in [0.25, 0.3) is 5.91 Å². The van der Waals surface area contributed by atoms with Crippen LogP contribution in [0, 0.1) is 0 Å². The van der Waals surface area contributed by atoms with Crippen LogP contribution in [0.2, 0.25) is 0 Å². The summed E-state index contributed by atoms with van der Waals surface area (Å²) in [4.78, 5) is 29.8. The first kappa shape index (κ1) is 19.7. The average molecular weight is 377 g/mol. The molecule has 0 saturated carbocycles. The molecule has 5 heteroatoms. The number of carbonyl (C=O) groups excluding carboxylic acids is 2. The molecule has 0 bridgehead atoms. The number of aryl methyl sites for hydroxylation is 1. The minimum Gasteiger partial charge on any atom is -0.361 e. The molecule has 0 aliphatic rings. The van der Waals surface area contributed by atoms with E-state index in [0.29, 0.717) is 30.8 Å². The first-order valence-corrected chi connectivity index (χ1v) is 9.86. The lowest BCUT2D eigenvalue weighted by Crippen LogP contribution is -2.30. The Morgan fingerprint density at radius 3 is 2.61 bits per heavy atom. The molecule has 0 atom stereocenters. The minimum absolute atomic E-state index is 0.0135. The van der Waals surface area contributed by atoms with E-state index in [0.717, 1.165) is 18.4 Å². The van der Waals surface area contributed by atoms with Gasteiger partial charge in [-0.25, -0.2) is 0 Å². The number of fused-ring (bicyclic) bond motifs is 1. The number of amides is 2. The minimum atomic E-state index is -0.0349. The lowest BCUT2D eigenvalue weighted by molar-refractivity contribution is -0.116. The Morgan fingerprint density at radius 2 is 1.82 bits per heavy atom. The van der Waals surface area contributed by atoms with Crippen LogP contribution < -0.4 is 5.32 Å². The number of aromatic amines is 1. The van der Waals surface area contributed by atoms with Crippen LogP contribution in [-0.2, 0) is 11.2 Å². The third-order valence-electron chi connectivity index (χ3n) is 4.97. The highest BCUT2D eigenvalue weighted by molar-refractivity contribution is 5.97. The molecule has 3 rings (SSSR count). The molecular formula is C23H27N3O2. The maximum Gasteiger partial charge on any atom is 0.253 e. The van der Waals surface area contributed by atoms with Gasteiger partial charge in [-0.05, 0) is 56.5 Å². The molecular weight excluding hydrogens is 350 g/mol. The summed E-state index contributed by atoms with van der Waals surface area (Å²) in [6, 6.07) is 15.3. The molecule has 2 N–H and O–H groups in total. The zero-order chi connectivity index (χ0) is 19.9. The molecule has 2 aromatic carbocycles. The number of H-pyrrole nitrogens is 1. The molecule has 0 saturated heterocycles. The number of hydrogen-bond acceptors (Lipinski definition) is 2. The predicted octanol–water partition coefficient (Wildman–Crippen LogP) is 4.61. The fraction of sp³-hybridized carbons (Fsp3) is 0.304. The first-order chi connectivity index (χ1) is 13.6. The van der Waals surface area contributed by atoms with Crippen molar-refractivity contribution in [2.75, 3.05) is 18.4 Å². The Morgan fingerprint density at radius 1 is 1.04 bits per heavy atom. The zero-order valence-electron chi connectivity index (χ0n) is 16.5. The molecule has 0 fully saturated rings. The van der Waals surface area contributed by atoms with E-state index < -0.39 is 0 Å². The number of nitrogens with one attached hydrogen (secondary N) is 2. The smallest absolute Gasteiger partial charge is 0.253 e. The third-order valence-corrected chi connectivity index (χ3v) is 4.97. The summed E-state index contributed by atoms with van der Waals surface area (Å²) in [7, 11) is 0. The van der Waals surface area contributed by atoms with E-state index in [4.69, 9.17) is 0 Å². The molecule has 1 aromatic heterocycles. The molecule has 0 radical (unpaired) electrons. The van der Waals surface area contributed by atoms with Gasteiger partial charge in [0, 0.05) is 47.9 Å². The van der Waals surface area contributed by atoms with E-state index in [2.05, 4.69) is 22.4 Å². The number of nitrogens with zero attached hydrogens (tertiary/aromatic N) is 1. The van der Waals surface area contributed by atoms with Gasteiger partial charge in [-0.15, -0.1) is 0 Å². The van der Waals surface area contributed by atoms with Gasteiger partial charge in [0.15, 0.2) is 0 Å². The molecule has 5 nitrogen and oxygen atoms in total. The van der Waals surface area contributed by atoms with Crippen molar-refractivity contribution in [2.24, 2.45) is 0 Å². The van der Waals surface area contributed by atoms with Crippen LogP contribution in [0.5, 0.6) is 0 Å². The van der Waals surface area contributed by atoms with Gasteiger partial charge >= 0.3 is 0 Å². The van der Waals surface area contributed by atoms with E-state index in [1.165, 1.54) is 10.9 Å². The second kappa shape index (κ2) is 9.22. The Bertz CT molecular complexity index is 957. The summed E-state index contributed by atoms with van der Waals surface area (Å²) in [5, 5.41) is 4.13. The summed E-state index contributed by atoms with van der Waals surface area (Å²) in [5.41, 5.74) is 3.61.